The Balaban J connectivity index is 2.04. The largest absolute Gasteiger partial charge is 0.481 e. The molecule has 1 aromatic carbocycles. The van der Waals surface area contributed by atoms with Crippen LogP contribution in [0.25, 0.3) is 0 Å². The number of carboxylic acids is 1. The smallest absolute Gasteiger partial charge is 0.305 e. The molecule has 1 aliphatic heterocycles. The second-order valence-electron chi connectivity index (χ2n) is 5.04. The number of amides is 2. The second kappa shape index (κ2) is 7.73. The topological polar surface area (TPSA) is 120 Å². The van der Waals surface area contributed by atoms with Gasteiger partial charge in [0.05, 0.1) is 12.1 Å². The molecule has 126 valence electrons. The highest BCUT2D eigenvalue weighted by Crippen LogP contribution is 2.22. The molecule has 1 saturated heterocycles. The first kappa shape index (κ1) is 17.7. The predicted octanol–water partition coefficient (Wildman–Crippen LogP) is 1.43. The van der Waals surface area contributed by atoms with E-state index in [-0.39, 0.29) is 23.4 Å². The number of nitrogens with one attached hydrogen (secondary N) is 2. The van der Waals surface area contributed by atoms with Crippen LogP contribution in [0.5, 0.6) is 0 Å². The number of hydrogen-bond donors (Lipinski definition) is 3. The average Bonchev–Trinajstić information content (AvgIpc) is 2.84. The Morgan fingerprint density at radius 3 is 2.54 bits per heavy atom. The van der Waals surface area contributed by atoms with Gasteiger partial charge < -0.3 is 15.7 Å². The molecule has 2 amide bonds. The number of hydrogen-bond acceptors (Lipinski definition) is 6. The summed E-state index contributed by atoms with van der Waals surface area (Å²) in [6.07, 6.45) is -0.261. The van der Waals surface area contributed by atoms with Crippen molar-refractivity contribution in [3.05, 3.63) is 29.8 Å². The van der Waals surface area contributed by atoms with E-state index in [2.05, 4.69) is 20.8 Å². The van der Waals surface area contributed by atoms with Crippen molar-refractivity contribution in [3.8, 4) is 0 Å². The van der Waals surface area contributed by atoms with E-state index in [0.29, 0.717) is 11.4 Å². The normalized spacial score (nSPS) is 19.2. The molecule has 2 rings (SSSR count). The lowest BCUT2D eigenvalue weighted by Crippen LogP contribution is -2.26. The van der Waals surface area contributed by atoms with E-state index in [1.165, 1.54) is 6.92 Å². The van der Waals surface area contributed by atoms with E-state index >= 15 is 0 Å². The highest BCUT2D eigenvalue weighted by Gasteiger charge is 2.32. The number of benzene rings is 1. The molecule has 0 aromatic heterocycles. The van der Waals surface area contributed by atoms with Crippen LogP contribution in [0.1, 0.15) is 25.8 Å². The molecule has 0 unspecified atom stereocenters. The summed E-state index contributed by atoms with van der Waals surface area (Å²) in [5.41, 5.74) is 2.11. The molecule has 0 bridgehead atoms. The maximum Gasteiger partial charge on any atom is 0.305 e. The molecule has 0 spiro atoms. The van der Waals surface area contributed by atoms with Crippen LogP contribution in [-0.2, 0) is 14.4 Å². The maximum absolute atomic E-state index is 11.6. The second-order valence-corrected chi connectivity index (χ2v) is 6.23. The third kappa shape index (κ3) is 4.92. The quantitative estimate of drug-likeness (QED) is 0.549. The number of anilines is 1. The van der Waals surface area contributed by atoms with E-state index in [1.54, 1.807) is 31.2 Å². The zero-order valence-electron chi connectivity index (χ0n) is 13.1. The lowest BCUT2D eigenvalue weighted by molar-refractivity contribution is -0.138. The Morgan fingerprint density at radius 1 is 1.29 bits per heavy atom. The first-order valence-electron chi connectivity index (χ1n) is 7.04. The number of thioether (sulfide) groups is 1. The summed E-state index contributed by atoms with van der Waals surface area (Å²) in [5.74, 6) is -1.57. The summed E-state index contributed by atoms with van der Waals surface area (Å²) >= 11 is 1.05. The van der Waals surface area contributed by atoms with Crippen LogP contribution in [-0.4, -0.2) is 39.0 Å². The molecule has 3 N–H and O–H groups in total. The Labute approximate surface area is 142 Å². The summed E-state index contributed by atoms with van der Waals surface area (Å²) in [5, 5.41) is 21.5. The molecule has 1 fully saturated rings. The van der Waals surface area contributed by atoms with Gasteiger partial charge >= 0.3 is 5.97 Å². The van der Waals surface area contributed by atoms with Gasteiger partial charge in [-0.15, -0.1) is 5.10 Å². The van der Waals surface area contributed by atoms with Crippen molar-refractivity contribution < 1.29 is 19.5 Å². The SMILES string of the molecule is CC(=O)Nc1ccc(C(C)=N/N=C2/NC(=O)[C@H](CC(=O)O)S2)cc1. The summed E-state index contributed by atoms with van der Waals surface area (Å²) in [4.78, 5) is 33.2. The molecule has 0 aliphatic carbocycles. The summed E-state index contributed by atoms with van der Waals surface area (Å²) in [6, 6.07) is 7.07. The molecule has 0 saturated carbocycles. The van der Waals surface area contributed by atoms with Gasteiger partial charge in [0.2, 0.25) is 11.8 Å². The molecular formula is C15H16N4O4S. The molecule has 1 aliphatic rings. The van der Waals surface area contributed by atoms with Crippen LogP contribution >= 0.6 is 11.8 Å². The van der Waals surface area contributed by atoms with Gasteiger partial charge in [-0.3, -0.25) is 14.4 Å². The minimum absolute atomic E-state index is 0.149. The van der Waals surface area contributed by atoms with Crippen molar-refractivity contribution >= 4 is 46.1 Å². The van der Waals surface area contributed by atoms with Crippen molar-refractivity contribution in [2.45, 2.75) is 25.5 Å². The average molecular weight is 348 g/mol. The van der Waals surface area contributed by atoms with E-state index < -0.39 is 11.2 Å². The van der Waals surface area contributed by atoms with Gasteiger partial charge in [0.1, 0.15) is 5.25 Å². The van der Waals surface area contributed by atoms with Crippen LogP contribution in [0, 0.1) is 0 Å². The third-order valence-electron chi connectivity index (χ3n) is 3.05. The molecule has 1 aromatic rings. The minimum Gasteiger partial charge on any atom is -0.481 e. The van der Waals surface area contributed by atoms with Crippen molar-refractivity contribution in [3.63, 3.8) is 0 Å². The Morgan fingerprint density at radius 2 is 1.96 bits per heavy atom. The fourth-order valence-corrected chi connectivity index (χ4v) is 2.83. The molecule has 8 nitrogen and oxygen atoms in total. The highest BCUT2D eigenvalue weighted by molar-refractivity contribution is 8.15. The molecule has 1 heterocycles. The highest BCUT2D eigenvalue weighted by atomic mass is 32.2. The zero-order valence-corrected chi connectivity index (χ0v) is 13.9. The van der Waals surface area contributed by atoms with E-state index in [4.69, 9.17) is 5.11 Å². The minimum atomic E-state index is -1.04. The van der Waals surface area contributed by atoms with Crippen LogP contribution < -0.4 is 10.6 Å². The van der Waals surface area contributed by atoms with Crippen molar-refractivity contribution in [1.82, 2.24) is 5.32 Å². The fourth-order valence-electron chi connectivity index (χ4n) is 1.92. The molecule has 0 radical (unpaired) electrons. The zero-order chi connectivity index (χ0) is 17.7. The predicted molar refractivity (Wildman–Crippen MR) is 92.2 cm³/mol. The molecule has 9 heteroatoms. The number of carbonyl (C=O) groups excluding carboxylic acids is 2. The van der Waals surface area contributed by atoms with Crippen molar-refractivity contribution in [2.75, 3.05) is 5.32 Å². The Bertz CT molecular complexity index is 727. The third-order valence-corrected chi connectivity index (χ3v) is 4.12. The summed E-state index contributed by atoms with van der Waals surface area (Å²) < 4.78 is 0. The van der Waals surface area contributed by atoms with Gasteiger partial charge in [-0.2, -0.15) is 5.10 Å². The lowest BCUT2D eigenvalue weighted by atomic mass is 10.1. The molecule has 1 atom stereocenters. The Hall–Kier alpha value is -2.68. The van der Waals surface area contributed by atoms with E-state index in [1.807, 2.05) is 0 Å². The first-order chi connectivity index (χ1) is 11.3. The van der Waals surface area contributed by atoms with Gasteiger partial charge in [0, 0.05) is 12.6 Å². The molecule has 24 heavy (non-hydrogen) atoms. The van der Waals surface area contributed by atoms with Gasteiger partial charge in [0.15, 0.2) is 5.17 Å². The van der Waals surface area contributed by atoms with E-state index in [0.717, 1.165) is 17.3 Å². The van der Waals surface area contributed by atoms with Crippen LogP contribution in [0.2, 0.25) is 0 Å². The Kier molecular flexibility index (Phi) is 5.69. The summed E-state index contributed by atoms with van der Waals surface area (Å²) in [7, 11) is 0. The van der Waals surface area contributed by atoms with Gasteiger partial charge in [0.25, 0.3) is 0 Å². The monoisotopic (exact) mass is 348 g/mol. The van der Waals surface area contributed by atoms with Gasteiger partial charge in [-0.25, -0.2) is 0 Å². The van der Waals surface area contributed by atoms with E-state index in [9.17, 15) is 14.4 Å². The maximum atomic E-state index is 11.6. The number of carboxylic acid groups (broad SMARTS) is 1. The van der Waals surface area contributed by atoms with Crippen molar-refractivity contribution in [2.24, 2.45) is 10.2 Å². The fraction of sp³-hybridized carbons (Fsp3) is 0.267. The van der Waals surface area contributed by atoms with Gasteiger partial charge in [-0.1, -0.05) is 23.9 Å². The first-order valence-corrected chi connectivity index (χ1v) is 7.92. The van der Waals surface area contributed by atoms with Crippen LogP contribution in [0.3, 0.4) is 0 Å². The number of aliphatic carboxylic acids is 1. The van der Waals surface area contributed by atoms with Crippen LogP contribution in [0.4, 0.5) is 5.69 Å². The summed E-state index contributed by atoms with van der Waals surface area (Å²) in [6.45, 7) is 3.19. The number of rotatable bonds is 5. The lowest BCUT2D eigenvalue weighted by Gasteiger charge is -2.03. The standard InChI is InChI=1S/C15H16N4O4S/c1-8(10-3-5-11(6-4-10)16-9(2)20)18-19-15-17-14(23)12(24-15)7-13(21)22/h3-6,12H,7H2,1-2H3,(H,16,20)(H,21,22)(H,17,19,23)/t12-/m0/s1. The molecular weight excluding hydrogens is 332 g/mol. The number of nitrogens with zero attached hydrogens (tertiary/aromatic N) is 2. The number of carbonyl (C=O) groups is 3. The van der Waals surface area contributed by atoms with Gasteiger partial charge in [-0.05, 0) is 24.6 Å². The van der Waals surface area contributed by atoms with Crippen LogP contribution in [0.15, 0.2) is 34.5 Å². The van der Waals surface area contributed by atoms with Crippen molar-refractivity contribution in [1.29, 1.82) is 0 Å². The number of amidine groups is 1.